The quantitative estimate of drug-likeness (QED) is 0.0573. The smallest absolute Gasteiger partial charge is 0.333 e. The molecule has 0 amide bonds. The minimum Gasteiger partial charge on any atom is -0.456 e. The normalized spacial score (nSPS) is 31.6. The Morgan fingerprint density at radius 2 is 0.596 bits per heavy atom. The number of carbonyl (C=O) groups is 9. The van der Waals surface area contributed by atoms with E-state index in [1.165, 1.54) is 186 Å². The monoisotopic (exact) mass is 1960 g/mol. The van der Waals surface area contributed by atoms with Crippen LogP contribution in [0, 0.1) is 82.3 Å². The molecule has 2 atom stereocenters. The highest BCUT2D eigenvalue weighted by atomic mass is 16.6. The van der Waals surface area contributed by atoms with Crippen LogP contribution in [0.1, 0.15) is 432 Å². The van der Waals surface area contributed by atoms with Gasteiger partial charge in [0, 0.05) is 62.0 Å². The Kier molecular flexibility index (Phi) is 41.0. The van der Waals surface area contributed by atoms with Gasteiger partial charge >= 0.3 is 53.7 Å². The number of hydrogen-bond acceptors (Lipinski definition) is 19. The van der Waals surface area contributed by atoms with E-state index in [1.54, 1.807) is 62.3 Å². The second kappa shape index (κ2) is 49.5. The first kappa shape index (κ1) is 117. The van der Waals surface area contributed by atoms with Gasteiger partial charge in [-0.15, -0.1) is 0 Å². The van der Waals surface area contributed by atoms with Gasteiger partial charge in [-0.05, 0) is 450 Å². The minimum absolute atomic E-state index is 0.163. The predicted molar refractivity (Wildman–Crippen MR) is 560 cm³/mol. The van der Waals surface area contributed by atoms with E-state index in [4.69, 9.17) is 42.6 Å². The van der Waals surface area contributed by atoms with E-state index in [2.05, 4.69) is 108 Å². The SMILES string of the molecule is C=C(C)C(=O)OC(C)(C)C12CC3CC(CC(C3)C1)C2.C=C(C)C(=O)OC(C)(C)c1ccccc1.C=C(C)C(=O)OC1(C)C2CC3CC(C2)CC1C3.C=C(C)C(=O)OC1(C)CCCC1.C=C(C)C(=O)OC1(CC)C2CC3CC(C2)CC1C3.C=C(C)C(=O)OC1(CC)CCCC1.C=C(C)C(=O)OC1(CC)CCCCC1.C=C(C)C(=O)OC1(CC)CCCCCCC1.C=C(C)C(=O)OC12CC3CC(CC(O)(C3)C1)C2. The molecule has 1 aromatic rings. The third kappa shape index (κ3) is 30.9. The molecule has 2 unspecified atom stereocenters. The van der Waals surface area contributed by atoms with Crippen LogP contribution in [0.25, 0.3) is 0 Å². The van der Waals surface area contributed by atoms with Gasteiger partial charge in [-0.3, -0.25) is 0 Å². The maximum absolute atomic E-state index is 12.0. The lowest BCUT2D eigenvalue weighted by atomic mass is 9.46. The van der Waals surface area contributed by atoms with Gasteiger partial charge in [0.05, 0.1) is 5.60 Å². The van der Waals surface area contributed by atoms with Crippen LogP contribution >= 0.6 is 0 Å². The molecule has 788 valence electrons. The number of esters is 9. The average molecular weight is 1960 g/mol. The molecular weight excluding hydrogens is 1770 g/mol. The summed E-state index contributed by atoms with van der Waals surface area (Å²) < 4.78 is 50.7. The third-order valence-electron chi connectivity index (χ3n) is 35.7. The Labute approximate surface area is 850 Å². The zero-order chi connectivity index (χ0) is 104. The molecule has 19 heteroatoms. The first-order chi connectivity index (χ1) is 66.0. The molecule has 0 spiro atoms. The van der Waals surface area contributed by atoms with Gasteiger partial charge in [0.25, 0.3) is 0 Å². The van der Waals surface area contributed by atoms with Crippen molar-refractivity contribution < 1.29 is 90.9 Å². The van der Waals surface area contributed by atoms with Crippen molar-refractivity contribution in [1.29, 1.82) is 0 Å². The van der Waals surface area contributed by atoms with Crippen molar-refractivity contribution in [2.75, 3.05) is 0 Å². The molecule has 20 aliphatic rings. The molecular formula is C122H186O19. The van der Waals surface area contributed by atoms with Gasteiger partial charge in [-0.1, -0.05) is 143 Å². The van der Waals surface area contributed by atoms with E-state index in [-0.39, 0.29) is 98.3 Å². The highest BCUT2D eigenvalue weighted by Crippen LogP contribution is 2.66. The lowest BCUT2D eigenvalue weighted by Crippen LogP contribution is -2.60. The van der Waals surface area contributed by atoms with E-state index < -0.39 is 16.8 Å². The second-order valence-electron chi connectivity index (χ2n) is 48.9. The van der Waals surface area contributed by atoms with Crippen molar-refractivity contribution in [3.05, 3.63) is 145 Å². The van der Waals surface area contributed by atoms with Crippen LogP contribution in [0.2, 0.25) is 0 Å². The van der Waals surface area contributed by atoms with Crippen LogP contribution in [0.15, 0.2) is 140 Å². The van der Waals surface area contributed by atoms with Crippen molar-refractivity contribution in [3.63, 3.8) is 0 Å². The largest absolute Gasteiger partial charge is 0.456 e. The van der Waals surface area contributed by atoms with Gasteiger partial charge in [0.2, 0.25) is 0 Å². The fourth-order valence-corrected chi connectivity index (χ4v) is 28.4. The van der Waals surface area contributed by atoms with E-state index in [0.29, 0.717) is 92.1 Å². The van der Waals surface area contributed by atoms with Crippen LogP contribution in [-0.4, -0.2) is 109 Å². The number of aliphatic hydroxyl groups is 1. The molecule has 20 saturated carbocycles. The summed E-state index contributed by atoms with van der Waals surface area (Å²) in [4.78, 5) is 104. The first-order valence-corrected chi connectivity index (χ1v) is 54.8. The number of ether oxygens (including phenoxy) is 9. The standard InChI is InChI=1S/C17H26O2.C16H24O2.C15H22O2.C14H20O3.C14H24O2.C13H16O2.C12H20O2.C11H18O2.C10H16O2/c1-11(2)15(18)19-16(3,4)17-8-12-5-13(9-17)7-14(6-12)10-17;1-4-16(18-15(17)10(2)3)13-6-11-5-12(8-13)9-14(16)7-11;1-9(2)14(16)17-15(3)12-5-10-4-11(7-12)8-13(15)6-10;1-9(2)12(15)17-14-6-10-3-11(7-14)5-13(16,4-10)8-14;1-4-14(16-13(15)12(2)3)10-8-6-5-7-9-11-14;1-10(2)12(14)15-13(3,4)11-8-6-5-7-9-11;1-4-12(8-6-5-7-9-12)14-11(13)10(2)3;1-4-11(7-5-6-8-11)13-10(12)9(2)3;1-8(2)9(11)12-10(3)6-4-5-7-10/h12-14H,1,5-10H2,2-4H3;11-14H,2,4-9H2,1,3H3;10-13H,1,4-8H2,2-3H3;10-11,16H,1,3-8H2,2H3;2,4-11H2,1,3H3;5-9H,1H2,2-4H3;2,4-9H2,1,3H3;2,4-8H2,1,3H3;1,4-7H2,2-3H3. The van der Waals surface area contributed by atoms with Crippen molar-refractivity contribution in [2.45, 2.75) is 483 Å². The Bertz CT molecular complexity index is 4500. The van der Waals surface area contributed by atoms with Crippen molar-refractivity contribution in [1.82, 2.24) is 0 Å². The van der Waals surface area contributed by atoms with Gasteiger partial charge in [0.1, 0.15) is 50.4 Å². The van der Waals surface area contributed by atoms with E-state index in [1.807, 2.05) is 51.1 Å². The second-order valence-corrected chi connectivity index (χ2v) is 48.9. The third-order valence-corrected chi connectivity index (χ3v) is 35.7. The van der Waals surface area contributed by atoms with Crippen molar-refractivity contribution in [3.8, 4) is 0 Å². The molecule has 1 N–H and O–H groups in total. The summed E-state index contributed by atoms with van der Waals surface area (Å²) in [6.45, 7) is 68.7. The van der Waals surface area contributed by atoms with E-state index in [9.17, 15) is 48.3 Å². The molecule has 21 rings (SSSR count). The summed E-state index contributed by atoms with van der Waals surface area (Å²) in [5.41, 5.74) is 2.57. The maximum atomic E-state index is 12.0. The molecule has 0 heterocycles. The predicted octanol–water partition coefficient (Wildman–Crippen LogP) is 28.8. The van der Waals surface area contributed by atoms with Crippen LogP contribution < -0.4 is 0 Å². The topological polar surface area (TPSA) is 257 Å². The van der Waals surface area contributed by atoms with Gasteiger partial charge in [-0.2, -0.15) is 0 Å². The fraction of sp³-hybridized carbons (Fsp3) is 0.730. The van der Waals surface area contributed by atoms with Crippen molar-refractivity contribution in [2.24, 2.45) is 82.3 Å². The average Bonchev–Trinajstić information content (AvgIpc) is 1.14. The molecule has 141 heavy (non-hydrogen) atoms. The molecule has 19 nitrogen and oxygen atoms in total. The van der Waals surface area contributed by atoms with Gasteiger partial charge in [-0.25, -0.2) is 43.2 Å². The zero-order valence-corrected chi connectivity index (χ0v) is 91.1. The summed E-state index contributed by atoms with van der Waals surface area (Å²) in [6.07, 6.45) is 53.0. The number of carbonyl (C=O) groups excluding carboxylic acids is 9. The molecule has 1 aromatic carbocycles. The Morgan fingerprint density at radius 1 is 0.312 bits per heavy atom. The summed E-state index contributed by atoms with van der Waals surface area (Å²) in [6, 6.07) is 9.65. The molecule has 0 aromatic heterocycles. The van der Waals surface area contributed by atoms with Crippen molar-refractivity contribution >= 4 is 53.7 Å². The minimum atomic E-state index is -0.614. The van der Waals surface area contributed by atoms with E-state index >= 15 is 0 Å². The van der Waals surface area contributed by atoms with Crippen LogP contribution in [0.3, 0.4) is 0 Å². The fourth-order valence-electron chi connectivity index (χ4n) is 28.4. The Morgan fingerprint density at radius 3 is 0.936 bits per heavy atom. The van der Waals surface area contributed by atoms with Crippen LogP contribution in [0.5, 0.6) is 0 Å². The number of hydrogen-bond donors (Lipinski definition) is 1. The Hall–Kier alpha value is -7.93. The molecule has 0 radical (unpaired) electrons. The lowest BCUT2D eigenvalue weighted by molar-refractivity contribution is -0.217. The highest BCUT2D eigenvalue weighted by molar-refractivity contribution is 5.91. The number of rotatable bonds is 24. The van der Waals surface area contributed by atoms with Crippen LogP contribution in [-0.2, 0) is 91.4 Å². The van der Waals surface area contributed by atoms with Gasteiger partial charge < -0.3 is 47.7 Å². The maximum Gasteiger partial charge on any atom is 0.333 e. The van der Waals surface area contributed by atoms with E-state index in [0.717, 1.165) is 150 Å². The zero-order valence-electron chi connectivity index (χ0n) is 91.1. The molecule has 0 aliphatic heterocycles. The highest BCUT2D eigenvalue weighted by Gasteiger charge is 2.63. The first-order valence-electron chi connectivity index (χ1n) is 54.8. The summed E-state index contributed by atoms with van der Waals surface area (Å²) >= 11 is 0. The lowest BCUT2D eigenvalue weighted by Gasteiger charge is -2.61. The van der Waals surface area contributed by atoms with Crippen LogP contribution in [0.4, 0.5) is 0 Å². The van der Waals surface area contributed by atoms with Gasteiger partial charge in [0.15, 0.2) is 0 Å². The summed E-state index contributed by atoms with van der Waals surface area (Å²) in [5, 5.41) is 10.5. The Balaban J connectivity index is 0.000000178. The number of benzene rings is 1. The molecule has 16 bridgehead atoms. The summed E-state index contributed by atoms with van der Waals surface area (Å²) in [7, 11) is 0. The molecule has 20 aliphatic carbocycles. The summed E-state index contributed by atoms with van der Waals surface area (Å²) in [5.74, 6) is 7.63. The molecule has 0 saturated heterocycles. The molecule has 20 fully saturated rings.